The molecule has 1 fully saturated rings. The molecule has 1 aliphatic heterocycles. The summed E-state index contributed by atoms with van der Waals surface area (Å²) in [4.78, 5) is 53.3. The van der Waals surface area contributed by atoms with Crippen molar-refractivity contribution >= 4 is 23.8 Å². The number of likely N-dealkylation sites (tertiary alicyclic amines) is 1. The van der Waals surface area contributed by atoms with Crippen LogP contribution < -0.4 is 16.0 Å². The van der Waals surface area contributed by atoms with Gasteiger partial charge < -0.3 is 25.6 Å². The lowest BCUT2D eigenvalue weighted by Gasteiger charge is -2.34. The average Bonchev–Trinajstić information content (AvgIpc) is 2.92. The summed E-state index contributed by atoms with van der Waals surface area (Å²) in [6.45, 7) is 9.63. The molecule has 3 atom stereocenters. The highest BCUT2D eigenvalue weighted by Crippen LogP contribution is 2.20. The highest BCUT2D eigenvalue weighted by molar-refractivity contribution is 5.89. The van der Waals surface area contributed by atoms with Crippen LogP contribution in [-0.2, 0) is 25.5 Å². The minimum Gasteiger partial charge on any atom is -0.444 e. The Balaban J connectivity index is 1.53. The van der Waals surface area contributed by atoms with Crippen LogP contribution in [0.2, 0.25) is 0 Å². The number of nitrogens with one attached hydrogen (secondary N) is 3. The largest absolute Gasteiger partial charge is 0.444 e. The van der Waals surface area contributed by atoms with E-state index in [9.17, 15) is 19.2 Å². The molecular weight excluding hydrogens is 508 g/mol. The van der Waals surface area contributed by atoms with Gasteiger partial charge in [-0.3, -0.25) is 14.4 Å². The maximum atomic E-state index is 13.5. The van der Waals surface area contributed by atoms with E-state index in [1.54, 1.807) is 32.6 Å². The third-order valence-electron chi connectivity index (χ3n) is 6.86. The number of amides is 4. The van der Waals surface area contributed by atoms with Gasteiger partial charge in [0, 0.05) is 25.4 Å². The van der Waals surface area contributed by atoms with Gasteiger partial charge in [0.25, 0.3) is 0 Å². The van der Waals surface area contributed by atoms with Crippen LogP contribution in [0.15, 0.2) is 60.7 Å². The van der Waals surface area contributed by atoms with Crippen molar-refractivity contribution in [2.24, 2.45) is 5.92 Å². The van der Waals surface area contributed by atoms with Crippen molar-refractivity contribution in [2.75, 3.05) is 13.1 Å². The third-order valence-corrected chi connectivity index (χ3v) is 6.86. The molecule has 2 aromatic carbocycles. The second-order valence-corrected chi connectivity index (χ2v) is 11.4. The summed E-state index contributed by atoms with van der Waals surface area (Å²) in [6, 6.07) is 17.5. The molecule has 0 aliphatic carbocycles. The van der Waals surface area contributed by atoms with Crippen molar-refractivity contribution in [2.45, 2.75) is 77.6 Å². The van der Waals surface area contributed by atoms with Crippen molar-refractivity contribution < 1.29 is 23.9 Å². The van der Waals surface area contributed by atoms with Gasteiger partial charge in [-0.25, -0.2) is 4.79 Å². The van der Waals surface area contributed by atoms with Gasteiger partial charge in [-0.2, -0.15) is 0 Å². The first-order valence-electron chi connectivity index (χ1n) is 13.9. The van der Waals surface area contributed by atoms with E-state index in [1.807, 2.05) is 67.6 Å². The molecule has 0 bridgehead atoms. The number of piperidine rings is 1. The van der Waals surface area contributed by atoms with Crippen LogP contribution in [0.25, 0.3) is 0 Å². The van der Waals surface area contributed by atoms with Crippen molar-refractivity contribution in [3.05, 3.63) is 71.8 Å². The molecule has 0 aromatic heterocycles. The molecule has 9 heteroatoms. The van der Waals surface area contributed by atoms with Gasteiger partial charge in [-0.15, -0.1) is 0 Å². The normalized spacial score (nSPS) is 16.3. The van der Waals surface area contributed by atoms with Gasteiger partial charge in [-0.05, 0) is 58.6 Å². The highest BCUT2D eigenvalue weighted by atomic mass is 16.6. The number of carbonyl (C=O) groups is 4. The van der Waals surface area contributed by atoms with E-state index in [0.717, 1.165) is 11.1 Å². The van der Waals surface area contributed by atoms with E-state index in [1.165, 1.54) is 0 Å². The van der Waals surface area contributed by atoms with Gasteiger partial charge in [0.05, 0.1) is 6.04 Å². The van der Waals surface area contributed by atoms with Gasteiger partial charge in [0.1, 0.15) is 17.7 Å². The van der Waals surface area contributed by atoms with Crippen LogP contribution in [0.4, 0.5) is 4.79 Å². The minimum atomic E-state index is -0.794. The molecule has 1 saturated heterocycles. The molecule has 40 heavy (non-hydrogen) atoms. The predicted octanol–water partition coefficient (Wildman–Crippen LogP) is 3.74. The van der Waals surface area contributed by atoms with Crippen molar-refractivity contribution in [3.8, 4) is 0 Å². The number of alkyl carbamates (subject to hydrolysis) is 1. The Labute approximate surface area is 237 Å². The van der Waals surface area contributed by atoms with Crippen LogP contribution in [0.1, 0.15) is 64.6 Å². The number of hydrogen-bond acceptors (Lipinski definition) is 5. The zero-order valence-electron chi connectivity index (χ0n) is 24.1. The number of rotatable bonds is 9. The van der Waals surface area contributed by atoms with E-state index in [2.05, 4.69) is 16.0 Å². The molecule has 0 spiro atoms. The summed E-state index contributed by atoms with van der Waals surface area (Å²) in [5, 5.41) is 8.51. The maximum Gasteiger partial charge on any atom is 0.408 e. The van der Waals surface area contributed by atoms with Crippen LogP contribution in [0.5, 0.6) is 0 Å². The van der Waals surface area contributed by atoms with Crippen LogP contribution in [0.3, 0.4) is 0 Å². The van der Waals surface area contributed by atoms with E-state index >= 15 is 0 Å². The lowest BCUT2D eigenvalue weighted by Crippen LogP contribution is -2.54. The Bertz CT molecular complexity index is 1140. The highest BCUT2D eigenvalue weighted by Gasteiger charge is 2.33. The lowest BCUT2D eigenvalue weighted by atomic mass is 9.94. The smallest absolute Gasteiger partial charge is 0.408 e. The zero-order valence-corrected chi connectivity index (χ0v) is 24.1. The number of benzene rings is 2. The topological polar surface area (TPSA) is 117 Å². The monoisotopic (exact) mass is 550 g/mol. The summed E-state index contributed by atoms with van der Waals surface area (Å²) in [5.74, 6) is -0.974. The summed E-state index contributed by atoms with van der Waals surface area (Å²) >= 11 is 0. The Morgan fingerprint density at radius 2 is 1.45 bits per heavy atom. The van der Waals surface area contributed by atoms with Crippen LogP contribution >= 0.6 is 0 Å². The van der Waals surface area contributed by atoms with E-state index in [0.29, 0.717) is 32.4 Å². The van der Waals surface area contributed by atoms with Crippen molar-refractivity contribution in [1.29, 1.82) is 0 Å². The molecular formula is C31H42N4O5. The molecule has 0 saturated carbocycles. The van der Waals surface area contributed by atoms with Crippen molar-refractivity contribution in [1.82, 2.24) is 20.9 Å². The fourth-order valence-electron chi connectivity index (χ4n) is 4.64. The fourth-order valence-corrected chi connectivity index (χ4v) is 4.64. The second kappa shape index (κ2) is 14.0. The van der Waals surface area contributed by atoms with Gasteiger partial charge in [0.2, 0.25) is 17.7 Å². The molecule has 4 amide bonds. The zero-order chi connectivity index (χ0) is 29.3. The molecule has 0 radical (unpaired) electrons. The first kappa shape index (κ1) is 30.7. The Morgan fingerprint density at radius 1 is 0.875 bits per heavy atom. The third kappa shape index (κ3) is 9.39. The summed E-state index contributed by atoms with van der Waals surface area (Å²) in [6.07, 6.45) is 0.617. The molecule has 1 heterocycles. The number of hydrogen-bond donors (Lipinski definition) is 3. The fraction of sp³-hybridized carbons (Fsp3) is 0.484. The molecule has 9 nitrogen and oxygen atoms in total. The molecule has 1 aliphatic rings. The SMILES string of the molecule is C[C@H](NC(=O)C1CCN(C(=O)[C@H](Cc2ccccc2)NC(=O)OC(C)(C)C)CC1)C(=O)N[C@H](C)c1ccccc1. The standard InChI is InChI=1S/C31H42N4O5/c1-21(24-14-10-7-11-15-24)32-27(36)22(2)33-28(37)25-16-18-35(19-17-25)29(38)26(20-23-12-8-6-9-13-23)34-30(39)40-31(3,4)5/h6-15,21-22,25-26H,16-20H2,1-5H3,(H,32,36)(H,33,37)(H,34,39)/t21-,22+,26+/m1/s1. The first-order chi connectivity index (χ1) is 18.9. The first-order valence-corrected chi connectivity index (χ1v) is 13.9. The quantitative estimate of drug-likeness (QED) is 0.440. The van der Waals surface area contributed by atoms with E-state index in [-0.39, 0.29) is 29.7 Å². The van der Waals surface area contributed by atoms with Gasteiger partial charge in [0.15, 0.2) is 0 Å². The second-order valence-electron chi connectivity index (χ2n) is 11.4. The van der Waals surface area contributed by atoms with Crippen molar-refractivity contribution in [3.63, 3.8) is 0 Å². The van der Waals surface area contributed by atoms with Crippen LogP contribution in [0, 0.1) is 5.92 Å². The predicted molar refractivity (Wildman–Crippen MR) is 153 cm³/mol. The van der Waals surface area contributed by atoms with E-state index in [4.69, 9.17) is 4.74 Å². The van der Waals surface area contributed by atoms with Gasteiger partial charge >= 0.3 is 6.09 Å². The Hall–Kier alpha value is -3.88. The maximum absolute atomic E-state index is 13.5. The number of ether oxygens (including phenoxy) is 1. The average molecular weight is 551 g/mol. The number of nitrogens with zero attached hydrogens (tertiary/aromatic N) is 1. The molecule has 216 valence electrons. The van der Waals surface area contributed by atoms with Gasteiger partial charge in [-0.1, -0.05) is 60.7 Å². The number of carbonyl (C=O) groups excluding carboxylic acids is 4. The Kier molecular flexibility index (Phi) is 10.7. The minimum absolute atomic E-state index is 0.180. The molecule has 3 N–H and O–H groups in total. The Morgan fingerprint density at radius 3 is 2.02 bits per heavy atom. The molecule has 2 aromatic rings. The lowest BCUT2D eigenvalue weighted by molar-refractivity contribution is -0.138. The molecule has 0 unspecified atom stereocenters. The summed E-state index contributed by atoms with van der Waals surface area (Å²) < 4.78 is 5.39. The summed E-state index contributed by atoms with van der Waals surface area (Å²) in [7, 11) is 0. The summed E-state index contributed by atoms with van der Waals surface area (Å²) in [5.41, 5.74) is 1.21. The van der Waals surface area contributed by atoms with E-state index < -0.39 is 23.8 Å². The molecule has 3 rings (SSSR count). The van der Waals surface area contributed by atoms with Crippen LogP contribution in [-0.4, -0.2) is 59.5 Å².